The highest BCUT2D eigenvalue weighted by Gasteiger charge is 2.25. The third kappa shape index (κ3) is 4.48. The maximum atomic E-state index is 13.8. The number of rotatable bonds is 5. The van der Waals surface area contributed by atoms with Crippen LogP contribution < -0.4 is 4.90 Å². The first-order valence-electron chi connectivity index (χ1n) is 11.2. The van der Waals surface area contributed by atoms with E-state index in [1.807, 2.05) is 12.3 Å². The summed E-state index contributed by atoms with van der Waals surface area (Å²) in [6, 6.07) is 17.8. The average Bonchev–Trinajstić information content (AvgIpc) is 3.12. The summed E-state index contributed by atoms with van der Waals surface area (Å²) in [5.74, 6) is 0.821. The van der Waals surface area contributed by atoms with Crippen LogP contribution in [0.5, 0.6) is 0 Å². The van der Waals surface area contributed by atoms with Gasteiger partial charge in [0.1, 0.15) is 5.82 Å². The smallest absolute Gasteiger partial charge is 0.153 e. The summed E-state index contributed by atoms with van der Waals surface area (Å²) < 4.78 is 13.8. The van der Waals surface area contributed by atoms with Crippen molar-refractivity contribution in [3.63, 3.8) is 0 Å². The van der Waals surface area contributed by atoms with E-state index < -0.39 is 0 Å². The molecule has 1 unspecified atom stereocenters. The molecule has 4 aromatic rings. The first kappa shape index (κ1) is 23.3. The van der Waals surface area contributed by atoms with Gasteiger partial charge in [-0.2, -0.15) is 0 Å². The van der Waals surface area contributed by atoms with Gasteiger partial charge in [-0.25, -0.2) is 9.37 Å². The van der Waals surface area contributed by atoms with Gasteiger partial charge >= 0.3 is 0 Å². The van der Waals surface area contributed by atoms with Gasteiger partial charge in [-0.1, -0.05) is 36.4 Å². The van der Waals surface area contributed by atoms with Crippen LogP contribution in [-0.4, -0.2) is 35.5 Å². The van der Waals surface area contributed by atoms with Crippen molar-refractivity contribution in [3.8, 4) is 0 Å². The van der Waals surface area contributed by atoms with Crippen LogP contribution in [0.3, 0.4) is 0 Å². The van der Waals surface area contributed by atoms with Crippen molar-refractivity contribution in [2.24, 2.45) is 0 Å². The maximum Gasteiger partial charge on any atom is 0.153 e. The minimum atomic E-state index is -0.187. The lowest BCUT2D eigenvalue weighted by Gasteiger charge is -2.30. The molecule has 0 amide bonds. The number of pyridine rings is 1. The van der Waals surface area contributed by atoms with Crippen LogP contribution in [0.25, 0.3) is 10.9 Å². The Kier molecular flexibility index (Phi) is 6.73. The molecule has 1 atom stereocenters. The molecule has 172 valence electrons. The third-order valence-corrected chi connectivity index (χ3v) is 6.64. The SMILES string of the molecule is Cc1[nH]c2c(N3CCc4ccccc4C3)nccc2c1C(Cc1cccc(F)c1)N(C)C.Cl. The molecule has 0 saturated carbocycles. The molecule has 33 heavy (non-hydrogen) atoms. The number of nitrogens with one attached hydrogen (secondary N) is 1. The highest BCUT2D eigenvalue weighted by molar-refractivity contribution is 5.93. The van der Waals surface area contributed by atoms with Gasteiger partial charge in [0, 0.05) is 36.4 Å². The van der Waals surface area contributed by atoms with E-state index in [0.29, 0.717) is 0 Å². The van der Waals surface area contributed by atoms with Gasteiger partial charge in [-0.3, -0.25) is 0 Å². The molecule has 0 saturated heterocycles. The second-order valence-corrected chi connectivity index (χ2v) is 8.97. The number of aryl methyl sites for hydroxylation is 1. The predicted molar refractivity (Wildman–Crippen MR) is 136 cm³/mol. The van der Waals surface area contributed by atoms with Crippen LogP contribution in [0.1, 0.15) is 34.0 Å². The van der Waals surface area contributed by atoms with Crippen molar-refractivity contribution < 1.29 is 4.39 Å². The topological polar surface area (TPSA) is 35.2 Å². The van der Waals surface area contributed by atoms with Crippen molar-refractivity contribution in [1.29, 1.82) is 0 Å². The predicted octanol–water partition coefficient (Wildman–Crippen LogP) is 5.84. The van der Waals surface area contributed by atoms with Crippen molar-refractivity contribution >= 4 is 29.1 Å². The Bertz CT molecular complexity index is 1270. The van der Waals surface area contributed by atoms with E-state index >= 15 is 0 Å². The Hall–Kier alpha value is -2.89. The first-order valence-corrected chi connectivity index (χ1v) is 11.2. The molecular weight excluding hydrogens is 435 g/mol. The summed E-state index contributed by atoms with van der Waals surface area (Å²) in [7, 11) is 4.18. The summed E-state index contributed by atoms with van der Waals surface area (Å²) in [5, 5.41) is 1.20. The number of nitrogens with zero attached hydrogens (tertiary/aromatic N) is 3. The molecule has 0 fully saturated rings. The Balaban J connectivity index is 0.00000259. The number of likely N-dealkylation sites (N-methyl/N-ethyl adjacent to an activating group) is 1. The zero-order valence-corrected chi connectivity index (χ0v) is 20.1. The lowest BCUT2D eigenvalue weighted by molar-refractivity contribution is 0.298. The Morgan fingerprint density at radius 2 is 1.88 bits per heavy atom. The van der Waals surface area contributed by atoms with Gasteiger partial charge in [0.2, 0.25) is 0 Å². The van der Waals surface area contributed by atoms with E-state index in [2.05, 4.69) is 66.1 Å². The van der Waals surface area contributed by atoms with Crippen molar-refractivity contribution in [3.05, 3.63) is 94.6 Å². The molecule has 0 aliphatic carbocycles. The second-order valence-electron chi connectivity index (χ2n) is 8.97. The fourth-order valence-corrected chi connectivity index (χ4v) is 5.03. The van der Waals surface area contributed by atoms with Crippen molar-refractivity contribution in [2.75, 3.05) is 25.5 Å². The molecule has 0 radical (unpaired) electrons. The zero-order chi connectivity index (χ0) is 22.2. The molecule has 0 bridgehead atoms. The highest BCUT2D eigenvalue weighted by Crippen LogP contribution is 2.37. The average molecular weight is 465 g/mol. The lowest BCUT2D eigenvalue weighted by Crippen LogP contribution is -2.31. The van der Waals surface area contributed by atoms with Crippen LogP contribution >= 0.6 is 12.4 Å². The standard InChI is InChI=1S/C27H29FN4.ClH/c1-18-25(24(31(2)3)16-19-7-6-10-22(28)15-19)23-11-13-29-27(26(23)30-18)32-14-12-20-8-4-5-9-21(20)17-32;/h4-11,13,15,24,30H,12,14,16-17H2,1-3H3;1H. The molecule has 1 aliphatic heterocycles. The molecule has 2 aromatic heterocycles. The van der Waals surface area contributed by atoms with Crippen molar-refractivity contribution in [1.82, 2.24) is 14.9 Å². The van der Waals surface area contributed by atoms with E-state index in [0.717, 1.165) is 48.5 Å². The van der Waals surface area contributed by atoms with E-state index in [1.165, 1.54) is 28.1 Å². The van der Waals surface area contributed by atoms with E-state index in [1.54, 1.807) is 12.1 Å². The Morgan fingerprint density at radius 1 is 1.09 bits per heavy atom. The largest absolute Gasteiger partial charge is 0.355 e. The summed E-state index contributed by atoms with van der Waals surface area (Å²) in [6.45, 7) is 3.96. The summed E-state index contributed by atoms with van der Waals surface area (Å²) in [5.41, 5.74) is 7.29. The van der Waals surface area contributed by atoms with Gasteiger partial charge in [-0.15, -0.1) is 12.4 Å². The van der Waals surface area contributed by atoms with Crippen LogP contribution in [0, 0.1) is 12.7 Å². The summed E-state index contributed by atoms with van der Waals surface area (Å²) >= 11 is 0. The molecular formula is C27H30ClFN4. The number of hydrogen-bond acceptors (Lipinski definition) is 3. The number of aromatic nitrogens is 2. The number of H-pyrrole nitrogens is 1. The van der Waals surface area contributed by atoms with Crippen molar-refractivity contribution in [2.45, 2.75) is 32.4 Å². The van der Waals surface area contributed by atoms with Gasteiger partial charge in [0.15, 0.2) is 5.82 Å². The van der Waals surface area contributed by atoms with E-state index in [-0.39, 0.29) is 24.3 Å². The van der Waals surface area contributed by atoms with Crippen LogP contribution in [0.4, 0.5) is 10.2 Å². The highest BCUT2D eigenvalue weighted by atomic mass is 35.5. The minimum absolute atomic E-state index is 0. The van der Waals surface area contributed by atoms with Gasteiger partial charge in [0.05, 0.1) is 5.52 Å². The number of aromatic amines is 1. The molecule has 0 spiro atoms. The first-order chi connectivity index (χ1) is 15.5. The Morgan fingerprint density at radius 3 is 2.64 bits per heavy atom. The number of benzene rings is 2. The van der Waals surface area contributed by atoms with E-state index in [9.17, 15) is 4.39 Å². The maximum absolute atomic E-state index is 13.8. The number of anilines is 1. The molecule has 1 aliphatic rings. The van der Waals surface area contributed by atoms with Crippen LogP contribution in [-0.2, 0) is 19.4 Å². The molecule has 4 nitrogen and oxygen atoms in total. The molecule has 3 heterocycles. The number of fused-ring (bicyclic) bond motifs is 2. The number of hydrogen-bond donors (Lipinski definition) is 1. The second kappa shape index (κ2) is 9.54. The van der Waals surface area contributed by atoms with Crippen LogP contribution in [0.2, 0.25) is 0 Å². The van der Waals surface area contributed by atoms with Gasteiger partial charge < -0.3 is 14.8 Å². The molecule has 6 heteroatoms. The quantitative estimate of drug-likeness (QED) is 0.403. The fourth-order valence-electron chi connectivity index (χ4n) is 5.03. The van der Waals surface area contributed by atoms with Gasteiger partial charge in [0.25, 0.3) is 0 Å². The molecule has 2 aromatic carbocycles. The molecule has 1 N–H and O–H groups in total. The number of halogens is 2. The van der Waals surface area contributed by atoms with E-state index in [4.69, 9.17) is 4.98 Å². The summed E-state index contributed by atoms with van der Waals surface area (Å²) in [6.07, 6.45) is 3.69. The monoisotopic (exact) mass is 464 g/mol. The lowest BCUT2D eigenvalue weighted by atomic mass is 9.95. The normalized spacial score (nSPS) is 14.3. The molecule has 5 rings (SSSR count). The third-order valence-electron chi connectivity index (χ3n) is 6.64. The minimum Gasteiger partial charge on any atom is -0.355 e. The fraction of sp³-hybridized carbons (Fsp3) is 0.296. The zero-order valence-electron chi connectivity index (χ0n) is 19.3. The van der Waals surface area contributed by atoms with Crippen LogP contribution in [0.15, 0.2) is 60.8 Å². The van der Waals surface area contributed by atoms with Gasteiger partial charge in [-0.05, 0) is 74.3 Å². The summed E-state index contributed by atoms with van der Waals surface area (Å²) in [4.78, 5) is 13.0. The Labute approximate surface area is 200 Å².